The molecule has 34 heavy (non-hydrogen) atoms. The number of benzene rings is 3. The van der Waals surface area contributed by atoms with E-state index in [1.54, 1.807) is 60.3 Å². The summed E-state index contributed by atoms with van der Waals surface area (Å²) in [5.41, 5.74) is 9.59. The second-order valence-corrected chi connectivity index (χ2v) is 8.26. The molecule has 0 radical (unpaired) electrons. The summed E-state index contributed by atoms with van der Waals surface area (Å²) in [6, 6.07) is 15.4. The summed E-state index contributed by atoms with van der Waals surface area (Å²) in [4.78, 5) is 4.77. The highest BCUT2D eigenvalue weighted by atomic mass is 35.5. The number of para-hydroxylation sites is 1. The van der Waals surface area contributed by atoms with Crippen LogP contribution in [0.25, 0.3) is 32.9 Å². The number of nitrogens with zero attached hydrogens (tertiary/aromatic N) is 2. The Morgan fingerprint density at radius 1 is 1.06 bits per heavy atom. The normalized spacial score (nSPS) is 11.3. The molecule has 0 spiro atoms. The molecule has 0 saturated heterocycles. The SMILES string of the molecule is COc1ccc(Cn2cc3nc4c(-c5c(F)cccc5OC)cccc4c(N)c3c2O)cc1Cl. The van der Waals surface area contributed by atoms with Crippen LogP contribution in [0, 0.1) is 5.82 Å². The minimum absolute atomic E-state index is 0.0114. The topological polar surface area (TPSA) is 82.5 Å². The molecule has 0 aliphatic heterocycles. The quantitative estimate of drug-likeness (QED) is 0.324. The lowest BCUT2D eigenvalue weighted by Crippen LogP contribution is -1.98. The average molecular weight is 478 g/mol. The molecule has 0 fully saturated rings. The lowest BCUT2D eigenvalue weighted by Gasteiger charge is -2.13. The molecule has 0 amide bonds. The van der Waals surface area contributed by atoms with Crippen molar-refractivity contribution in [2.24, 2.45) is 0 Å². The van der Waals surface area contributed by atoms with Crippen LogP contribution in [0.2, 0.25) is 5.02 Å². The van der Waals surface area contributed by atoms with Crippen LogP contribution in [0.3, 0.4) is 0 Å². The summed E-state index contributed by atoms with van der Waals surface area (Å²) in [5, 5.41) is 12.5. The third-order valence-electron chi connectivity index (χ3n) is 5.89. The number of methoxy groups -OCH3 is 2. The molecule has 5 rings (SSSR count). The van der Waals surface area contributed by atoms with Crippen LogP contribution in [0.5, 0.6) is 17.4 Å². The van der Waals surface area contributed by atoms with Gasteiger partial charge in [-0.05, 0) is 29.8 Å². The zero-order valence-electron chi connectivity index (χ0n) is 18.5. The smallest absolute Gasteiger partial charge is 0.203 e. The zero-order valence-corrected chi connectivity index (χ0v) is 19.2. The molecule has 6 nitrogen and oxygen atoms in total. The van der Waals surface area contributed by atoms with E-state index in [1.807, 2.05) is 6.07 Å². The Kier molecular flexibility index (Phi) is 5.42. The summed E-state index contributed by atoms with van der Waals surface area (Å²) in [6.45, 7) is 0.343. The van der Waals surface area contributed by atoms with Gasteiger partial charge in [-0.1, -0.05) is 41.9 Å². The minimum Gasteiger partial charge on any atom is -0.496 e. The van der Waals surface area contributed by atoms with Crippen molar-refractivity contribution >= 4 is 39.1 Å². The third kappa shape index (κ3) is 3.45. The van der Waals surface area contributed by atoms with Gasteiger partial charge in [0.05, 0.1) is 53.5 Å². The van der Waals surface area contributed by atoms with E-state index >= 15 is 0 Å². The van der Waals surface area contributed by atoms with Crippen LogP contribution in [0.4, 0.5) is 10.1 Å². The van der Waals surface area contributed by atoms with Crippen molar-refractivity contribution in [2.45, 2.75) is 6.54 Å². The molecule has 0 saturated carbocycles. The van der Waals surface area contributed by atoms with Gasteiger partial charge in [-0.2, -0.15) is 0 Å². The standard InChI is InChI=1S/C26H21ClFN3O3/c1-33-20-10-9-14(11-17(20)27)12-31-13-19-23(26(31)32)24(29)16-6-3-5-15(25(16)30-19)22-18(28)7-4-8-21(22)34-2/h3-11,13,32H,12,29H2,1-2H3. The van der Waals surface area contributed by atoms with Crippen molar-refractivity contribution in [3.63, 3.8) is 0 Å². The fourth-order valence-corrected chi connectivity index (χ4v) is 4.55. The number of pyridine rings is 1. The van der Waals surface area contributed by atoms with Gasteiger partial charge >= 0.3 is 0 Å². The fraction of sp³-hybridized carbons (Fsp3) is 0.115. The molecular formula is C26H21ClFN3O3. The lowest BCUT2D eigenvalue weighted by molar-refractivity contribution is 0.413. The summed E-state index contributed by atoms with van der Waals surface area (Å²) in [5.74, 6) is 0.525. The number of fused-ring (bicyclic) bond motifs is 2. The molecule has 2 aromatic heterocycles. The molecule has 0 bridgehead atoms. The van der Waals surface area contributed by atoms with Gasteiger partial charge < -0.3 is 24.9 Å². The third-order valence-corrected chi connectivity index (χ3v) is 6.19. The van der Waals surface area contributed by atoms with Crippen LogP contribution in [-0.2, 0) is 6.54 Å². The summed E-state index contributed by atoms with van der Waals surface area (Å²) >= 11 is 6.25. The highest BCUT2D eigenvalue weighted by Gasteiger charge is 2.20. The van der Waals surface area contributed by atoms with Crippen LogP contribution in [0.15, 0.2) is 60.8 Å². The number of ether oxygens (including phenoxy) is 2. The molecule has 0 atom stereocenters. The maximum Gasteiger partial charge on any atom is 0.203 e. The van der Waals surface area contributed by atoms with Gasteiger partial charge in [0.15, 0.2) is 0 Å². The molecule has 5 aromatic rings. The summed E-state index contributed by atoms with van der Waals surface area (Å²) in [7, 11) is 3.04. The molecule has 0 aliphatic carbocycles. The van der Waals surface area contributed by atoms with Gasteiger partial charge in [-0.3, -0.25) is 0 Å². The van der Waals surface area contributed by atoms with Crippen LogP contribution < -0.4 is 15.2 Å². The maximum atomic E-state index is 14.9. The number of anilines is 1. The number of nitrogen functional groups attached to an aromatic ring is 1. The second-order valence-electron chi connectivity index (χ2n) is 7.85. The van der Waals surface area contributed by atoms with E-state index in [4.69, 9.17) is 31.8 Å². The molecule has 8 heteroatoms. The number of hydrogen-bond acceptors (Lipinski definition) is 5. The van der Waals surface area contributed by atoms with E-state index in [9.17, 15) is 9.50 Å². The zero-order chi connectivity index (χ0) is 24.0. The first kappa shape index (κ1) is 21.9. The van der Waals surface area contributed by atoms with E-state index in [0.29, 0.717) is 61.7 Å². The Morgan fingerprint density at radius 2 is 1.82 bits per heavy atom. The van der Waals surface area contributed by atoms with Gasteiger partial charge in [-0.15, -0.1) is 0 Å². The minimum atomic E-state index is -0.427. The van der Waals surface area contributed by atoms with E-state index in [-0.39, 0.29) is 5.88 Å². The van der Waals surface area contributed by atoms with Gasteiger partial charge in [0.25, 0.3) is 0 Å². The number of rotatable bonds is 5. The molecule has 2 heterocycles. The largest absolute Gasteiger partial charge is 0.496 e. The molecule has 3 aromatic carbocycles. The van der Waals surface area contributed by atoms with Crippen LogP contribution in [-0.4, -0.2) is 28.9 Å². The highest BCUT2D eigenvalue weighted by molar-refractivity contribution is 6.32. The lowest BCUT2D eigenvalue weighted by atomic mass is 9.99. The Morgan fingerprint density at radius 3 is 2.56 bits per heavy atom. The molecular weight excluding hydrogens is 457 g/mol. The highest BCUT2D eigenvalue weighted by Crippen LogP contribution is 2.41. The predicted octanol–water partition coefficient (Wildman–Crippen LogP) is 6.00. The van der Waals surface area contributed by atoms with Crippen molar-refractivity contribution in [3.8, 4) is 28.5 Å². The Labute approximate surface area is 199 Å². The Hall–Kier alpha value is -3.97. The van der Waals surface area contributed by atoms with Gasteiger partial charge in [0, 0.05) is 17.1 Å². The van der Waals surface area contributed by atoms with Gasteiger partial charge in [0.1, 0.15) is 17.3 Å². The van der Waals surface area contributed by atoms with Crippen molar-refractivity contribution in [2.75, 3.05) is 20.0 Å². The summed E-state index contributed by atoms with van der Waals surface area (Å²) in [6.07, 6.45) is 1.72. The summed E-state index contributed by atoms with van der Waals surface area (Å²) < 4.78 is 27.1. The molecule has 0 unspecified atom stereocenters. The van der Waals surface area contributed by atoms with Crippen LogP contribution in [0.1, 0.15) is 5.56 Å². The monoisotopic (exact) mass is 477 g/mol. The first-order valence-corrected chi connectivity index (χ1v) is 10.9. The first-order chi connectivity index (χ1) is 16.4. The molecule has 3 N–H and O–H groups in total. The predicted molar refractivity (Wildman–Crippen MR) is 132 cm³/mol. The molecule has 0 aliphatic rings. The number of halogens is 2. The number of hydrogen-bond donors (Lipinski definition) is 2. The van der Waals surface area contributed by atoms with Crippen molar-refractivity contribution in [1.29, 1.82) is 0 Å². The van der Waals surface area contributed by atoms with E-state index in [2.05, 4.69) is 0 Å². The van der Waals surface area contributed by atoms with Crippen molar-refractivity contribution < 1.29 is 19.0 Å². The number of aromatic hydroxyl groups is 1. The van der Waals surface area contributed by atoms with Crippen molar-refractivity contribution in [3.05, 3.63) is 77.2 Å². The van der Waals surface area contributed by atoms with Crippen LogP contribution >= 0.6 is 11.6 Å². The number of nitrogens with two attached hydrogens (primary N) is 1. The van der Waals surface area contributed by atoms with E-state index in [0.717, 1.165) is 5.56 Å². The Bertz CT molecular complexity index is 1570. The fourth-order valence-electron chi connectivity index (χ4n) is 4.27. The first-order valence-electron chi connectivity index (χ1n) is 10.5. The van der Waals surface area contributed by atoms with Gasteiger partial charge in [-0.25, -0.2) is 9.37 Å². The van der Waals surface area contributed by atoms with Gasteiger partial charge in [0.2, 0.25) is 5.88 Å². The maximum absolute atomic E-state index is 14.9. The second kappa shape index (κ2) is 8.43. The Balaban J connectivity index is 1.69. The van der Waals surface area contributed by atoms with E-state index < -0.39 is 5.82 Å². The van der Waals surface area contributed by atoms with E-state index in [1.165, 1.54) is 13.2 Å². The van der Waals surface area contributed by atoms with Crippen molar-refractivity contribution in [1.82, 2.24) is 9.55 Å². The molecule has 172 valence electrons. The average Bonchev–Trinajstić information content (AvgIpc) is 3.14. The number of aromatic nitrogens is 2.